The normalized spacial score (nSPS) is 12.4. The van der Waals surface area contributed by atoms with Crippen LogP contribution in [0.5, 0.6) is 5.75 Å². The largest absolute Gasteiger partial charge is 0.491 e. The molecule has 1 atom stereocenters. The van der Waals surface area contributed by atoms with Crippen LogP contribution in [0.25, 0.3) is 0 Å². The van der Waals surface area contributed by atoms with E-state index in [2.05, 4.69) is 0 Å². The lowest BCUT2D eigenvalue weighted by atomic mass is 10.2. The number of aryl methyl sites for hydroxylation is 1. The maximum Gasteiger partial charge on any atom is 0.264 e. The molecule has 0 saturated carbocycles. The van der Waals surface area contributed by atoms with Gasteiger partial charge in [-0.25, -0.2) is 12.8 Å². The zero-order valence-electron chi connectivity index (χ0n) is 15.9. The Labute approximate surface area is 170 Å². The third kappa shape index (κ3) is 5.34. The van der Waals surface area contributed by atoms with Crippen LogP contribution in [0.3, 0.4) is 0 Å². The van der Waals surface area contributed by atoms with Gasteiger partial charge in [0.1, 0.15) is 24.3 Å². The number of aliphatic hydroxyl groups excluding tert-OH is 1. The molecule has 5 nitrogen and oxygen atoms in total. The molecular weight excluding hydrogens is 393 g/mol. The molecule has 3 rings (SSSR count). The molecule has 7 heteroatoms. The molecule has 0 aromatic heterocycles. The molecule has 0 heterocycles. The molecule has 1 N–H and O–H groups in total. The topological polar surface area (TPSA) is 66.8 Å². The standard InChI is InChI=1S/C22H22FNO4S/c1-17-7-13-22(14-8-17)29(26,27)24(19-11-9-18(23)10-12-19)15-20(25)16-28-21-5-3-2-4-6-21/h2-14,20,25H,15-16H2,1H3/t20-/m0/s1. The van der Waals surface area contributed by atoms with Crippen LogP contribution in [0.2, 0.25) is 0 Å². The van der Waals surface area contributed by atoms with Gasteiger partial charge in [0, 0.05) is 0 Å². The highest BCUT2D eigenvalue weighted by atomic mass is 32.2. The van der Waals surface area contributed by atoms with Crippen molar-refractivity contribution in [2.45, 2.75) is 17.9 Å². The summed E-state index contributed by atoms with van der Waals surface area (Å²) >= 11 is 0. The highest BCUT2D eigenvalue weighted by Crippen LogP contribution is 2.25. The number of rotatable bonds is 8. The molecule has 0 bridgehead atoms. The first kappa shape index (κ1) is 20.8. The van der Waals surface area contributed by atoms with Crippen LogP contribution >= 0.6 is 0 Å². The molecule has 0 spiro atoms. The fraction of sp³-hybridized carbons (Fsp3) is 0.182. The smallest absolute Gasteiger partial charge is 0.264 e. The number of para-hydroxylation sites is 1. The zero-order valence-corrected chi connectivity index (χ0v) is 16.7. The van der Waals surface area contributed by atoms with Gasteiger partial charge in [-0.15, -0.1) is 0 Å². The van der Waals surface area contributed by atoms with Crippen molar-refractivity contribution < 1.29 is 22.7 Å². The number of hydrogen-bond donors (Lipinski definition) is 1. The van der Waals surface area contributed by atoms with Crippen LogP contribution in [0.4, 0.5) is 10.1 Å². The third-order valence-corrected chi connectivity index (χ3v) is 6.09. The van der Waals surface area contributed by atoms with E-state index in [1.807, 2.05) is 13.0 Å². The Morgan fingerprint density at radius 3 is 2.21 bits per heavy atom. The van der Waals surface area contributed by atoms with Crippen LogP contribution in [0.1, 0.15) is 5.56 Å². The fourth-order valence-corrected chi connectivity index (χ4v) is 4.24. The molecular formula is C22H22FNO4S. The SMILES string of the molecule is Cc1ccc(S(=O)(=O)N(C[C@H](O)COc2ccccc2)c2ccc(F)cc2)cc1. The van der Waals surface area contributed by atoms with Crippen molar-refractivity contribution >= 4 is 15.7 Å². The summed E-state index contributed by atoms with van der Waals surface area (Å²) in [4.78, 5) is 0.0867. The Bertz CT molecular complexity index is 1020. The van der Waals surface area contributed by atoms with Gasteiger partial charge in [-0.3, -0.25) is 4.31 Å². The van der Waals surface area contributed by atoms with Crippen LogP contribution in [-0.2, 0) is 10.0 Å². The molecule has 0 aliphatic rings. The molecule has 0 amide bonds. The number of benzene rings is 3. The maximum atomic E-state index is 13.3. The van der Waals surface area contributed by atoms with Crippen LogP contribution in [0, 0.1) is 12.7 Å². The quantitative estimate of drug-likeness (QED) is 0.608. The molecule has 0 saturated heterocycles. The first-order chi connectivity index (χ1) is 13.9. The Balaban J connectivity index is 1.84. The van der Waals surface area contributed by atoms with Gasteiger partial charge >= 0.3 is 0 Å². The number of hydrogen-bond acceptors (Lipinski definition) is 4. The van der Waals surface area contributed by atoms with Crippen molar-refractivity contribution in [3.63, 3.8) is 0 Å². The Hall–Kier alpha value is -2.90. The summed E-state index contributed by atoms with van der Waals surface area (Å²) in [5.74, 6) is 0.0932. The Kier molecular flexibility index (Phi) is 6.51. The van der Waals surface area contributed by atoms with Gasteiger partial charge in [0.2, 0.25) is 0 Å². The summed E-state index contributed by atoms with van der Waals surface area (Å²) in [5, 5.41) is 10.4. The van der Waals surface area contributed by atoms with E-state index in [0.29, 0.717) is 5.75 Å². The van der Waals surface area contributed by atoms with Gasteiger partial charge in [-0.1, -0.05) is 35.9 Å². The molecule has 152 valence electrons. The van der Waals surface area contributed by atoms with Crippen molar-refractivity contribution in [3.05, 3.63) is 90.2 Å². The van der Waals surface area contributed by atoms with Gasteiger partial charge < -0.3 is 9.84 Å². The van der Waals surface area contributed by atoms with E-state index >= 15 is 0 Å². The van der Waals surface area contributed by atoms with Gasteiger partial charge in [0.05, 0.1) is 17.1 Å². The monoisotopic (exact) mass is 415 g/mol. The Morgan fingerprint density at radius 2 is 1.59 bits per heavy atom. The molecule has 3 aromatic carbocycles. The molecule has 0 radical (unpaired) electrons. The van der Waals surface area contributed by atoms with Gasteiger partial charge in [-0.05, 0) is 55.5 Å². The first-order valence-electron chi connectivity index (χ1n) is 9.07. The molecule has 3 aromatic rings. The predicted octanol–water partition coefficient (Wildman–Crippen LogP) is 3.77. The van der Waals surface area contributed by atoms with E-state index in [9.17, 15) is 17.9 Å². The lowest BCUT2D eigenvalue weighted by Crippen LogP contribution is -2.39. The first-order valence-corrected chi connectivity index (χ1v) is 10.5. The summed E-state index contributed by atoms with van der Waals surface area (Å²) in [6.45, 7) is 1.53. The van der Waals surface area contributed by atoms with Gasteiger partial charge in [0.15, 0.2) is 0 Å². The third-order valence-electron chi connectivity index (χ3n) is 4.29. The summed E-state index contributed by atoms with van der Waals surface area (Å²) in [6.07, 6.45) is -1.10. The molecule has 0 aliphatic heterocycles. The highest BCUT2D eigenvalue weighted by molar-refractivity contribution is 7.92. The second-order valence-corrected chi connectivity index (χ2v) is 8.47. The summed E-state index contributed by atoms with van der Waals surface area (Å²) < 4.78 is 46.4. The number of anilines is 1. The van der Waals surface area contributed by atoms with Crippen molar-refractivity contribution in [2.75, 3.05) is 17.5 Å². The number of ether oxygens (including phenoxy) is 1. The number of nitrogens with zero attached hydrogens (tertiary/aromatic N) is 1. The number of aliphatic hydroxyl groups is 1. The van der Waals surface area contributed by atoms with Crippen molar-refractivity contribution in [1.29, 1.82) is 0 Å². The van der Waals surface area contributed by atoms with Crippen LogP contribution in [-0.4, -0.2) is 32.8 Å². The minimum Gasteiger partial charge on any atom is -0.491 e. The van der Waals surface area contributed by atoms with E-state index < -0.39 is 21.9 Å². The van der Waals surface area contributed by atoms with E-state index in [1.54, 1.807) is 36.4 Å². The second-order valence-electron chi connectivity index (χ2n) is 6.60. The average Bonchev–Trinajstić information content (AvgIpc) is 2.72. The lowest BCUT2D eigenvalue weighted by molar-refractivity contribution is 0.115. The summed E-state index contributed by atoms with van der Waals surface area (Å²) in [5.41, 5.74) is 1.18. The maximum absolute atomic E-state index is 13.3. The molecule has 0 unspecified atom stereocenters. The predicted molar refractivity (Wildman–Crippen MR) is 110 cm³/mol. The van der Waals surface area contributed by atoms with Crippen molar-refractivity contribution in [2.24, 2.45) is 0 Å². The second kappa shape index (κ2) is 9.07. The van der Waals surface area contributed by atoms with Crippen LogP contribution < -0.4 is 9.04 Å². The van der Waals surface area contributed by atoms with Gasteiger partial charge in [-0.2, -0.15) is 0 Å². The summed E-state index contributed by atoms with van der Waals surface area (Å²) in [7, 11) is -3.97. The molecule has 29 heavy (non-hydrogen) atoms. The molecule has 0 aliphatic carbocycles. The van der Waals surface area contributed by atoms with Gasteiger partial charge in [0.25, 0.3) is 10.0 Å². The zero-order chi connectivity index (χ0) is 20.9. The van der Waals surface area contributed by atoms with E-state index in [0.717, 1.165) is 9.87 Å². The van der Waals surface area contributed by atoms with Crippen molar-refractivity contribution in [1.82, 2.24) is 0 Å². The minimum absolute atomic E-state index is 0.0867. The number of halogens is 1. The van der Waals surface area contributed by atoms with E-state index in [4.69, 9.17) is 4.74 Å². The highest BCUT2D eigenvalue weighted by Gasteiger charge is 2.27. The van der Waals surface area contributed by atoms with E-state index in [-0.39, 0.29) is 23.7 Å². The lowest BCUT2D eigenvalue weighted by Gasteiger charge is -2.27. The number of sulfonamides is 1. The fourth-order valence-electron chi connectivity index (χ4n) is 2.74. The Morgan fingerprint density at radius 1 is 0.966 bits per heavy atom. The van der Waals surface area contributed by atoms with Crippen molar-refractivity contribution in [3.8, 4) is 5.75 Å². The van der Waals surface area contributed by atoms with E-state index in [1.165, 1.54) is 36.4 Å². The minimum atomic E-state index is -3.97. The van der Waals surface area contributed by atoms with Crippen LogP contribution in [0.15, 0.2) is 83.8 Å². The average molecular weight is 415 g/mol. The molecule has 0 fully saturated rings. The summed E-state index contributed by atoms with van der Waals surface area (Å²) in [6, 6.07) is 20.4.